The Morgan fingerprint density at radius 2 is 0.820 bits per heavy atom. The number of benzene rings is 7. The minimum Gasteiger partial charge on any atom is -0.0628 e. The highest BCUT2D eigenvalue weighted by molar-refractivity contribution is 5.88. The van der Waals surface area contributed by atoms with Crippen molar-refractivity contribution in [2.75, 3.05) is 0 Å². The molecule has 7 aromatic carbocycles. The molecule has 0 heterocycles. The van der Waals surface area contributed by atoms with Gasteiger partial charge in [0.1, 0.15) is 0 Å². The van der Waals surface area contributed by atoms with E-state index in [1.165, 1.54) is 133 Å². The third-order valence-corrected chi connectivity index (χ3v) is 15.3. The normalized spacial score (nSPS) is 18.8. The number of aryl methyl sites for hydroxylation is 3. The van der Waals surface area contributed by atoms with Crippen LogP contribution in [0.15, 0.2) is 140 Å². The molecule has 0 nitrogen and oxygen atoms in total. The monoisotopic (exact) mass is 792 g/mol. The molecule has 2 spiro atoms. The topological polar surface area (TPSA) is 0 Å². The molecule has 0 amide bonds. The van der Waals surface area contributed by atoms with E-state index in [1.54, 1.807) is 11.1 Å². The lowest BCUT2D eigenvalue weighted by atomic mass is 9.75. The van der Waals surface area contributed by atoms with Crippen molar-refractivity contribution in [1.29, 1.82) is 0 Å². The van der Waals surface area contributed by atoms with Crippen LogP contribution < -0.4 is 0 Å². The van der Waals surface area contributed by atoms with Crippen molar-refractivity contribution in [1.82, 2.24) is 0 Å². The first-order valence-corrected chi connectivity index (χ1v) is 23.5. The summed E-state index contributed by atoms with van der Waals surface area (Å²) in [4.78, 5) is 0. The standard InChI is InChI=1S/C61H60/c1-39(2)12-10-14-42-20-22-46-35-60(37-50(46)30-42)56-18-8-6-16-52(56)54-26-24-44(33-58(54)60)48-28-41(5)29-49(32-48)45-25-27-55-53-17-7-9-19-57(53)61(59(55)34-45)36-47-23-21-43(31-51(47)38-61)15-11-13-40(3)4/h6-9,16-34,39-40H,10-15,35-38H2,1-5H3. The van der Waals surface area contributed by atoms with Crippen molar-refractivity contribution in [2.24, 2.45) is 11.8 Å². The molecule has 0 heteroatoms. The second-order valence-electron chi connectivity index (χ2n) is 20.3. The summed E-state index contributed by atoms with van der Waals surface area (Å²) in [6.45, 7) is 11.6. The zero-order chi connectivity index (χ0) is 41.5. The van der Waals surface area contributed by atoms with E-state index in [0.29, 0.717) is 0 Å². The minimum absolute atomic E-state index is 0.0233. The second kappa shape index (κ2) is 14.9. The van der Waals surface area contributed by atoms with Crippen molar-refractivity contribution in [3.05, 3.63) is 201 Å². The lowest BCUT2D eigenvalue weighted by molar-refractivity contribution is 0.555. The van der Waals surface area contributed by atoms with Crippen LogP contribution in [0, 0.1) is 18.8 Å². The van der Waals surface area contributed by atoms with Gasteiger partial charge in [0.25, 0.3) is 0 Å². The summed E-state index contributed by atoms with van der Waals surface area (Å²) in [7, 11) is 0. The maximum absolute atomic E-state index is 2.57. The quantitative estimate of drug-likeness (QED) is 0.129. The first kappa shape index (κ1) is 38.5. The van der Waals surface area contributed by atoms with Crippen molar-refractivity contribution >= 4 is 0 Å². The third-order valence-electron chi connectivity index (χ3n) is 15.3. The Morgan fingerprint density at radius 3 is 1.28 bits per heavy atom. The van der Waals surface area contributed by atoms with E-state index in [-0.39, 0.29) is 10.8 Å². The molecule has 4 aliphatic rings. The lowest BCUT2D eigenvalue weighted by Crippen LogP contribution is -2.25. The first-order chi connectivity index (χ1) is 29.7. The molecule has 0 saturated heterocycles. The van der Waals surface area contributed by atoms with Gasteiger partial charge in [0, 0.05) is 10.8 Å². The summed E-state index contributed by atoms with van der Waals surface area (Å²) in [5.74, 6) is 1.52. The summed E-state index contributed by atoms with van der Waals surface area (Å²) in [5, 5.41) is 0. The highest BCUT2D eigenvalue weighted by Crippen LogP contribution is 2.58. The van der Waals surface area contributed by atoms with E-state index in [2.05, 4.69) is 174 Å². The SMILES string of the molecule is Cc1cc(-c2ccc3c(c2)C2(Cc4ccc(CCCC(C)C)cc4C2)c2ccccc2-3)cc(-c2ccc3c(c2)C2(Cc4ccc(CCCC(C)C)cc4C2)c2ccccc2-3)c1. The van der Waals surface area contributed by atoms with Crippen LogP contribution in [0.3, 0.4) is 0 Å². The van der Waals surface area contributed by atoms with Crippen LogP contribution in [0.25, 0.3) is 44.5 Å². The van der Waals surface area contributed by atoms with Gasteiger partial charge in [-0.1, -0.05) is 162 Å². The van der Waals surface area contributed by atoms with Gasteiger partial charge in [-0.25, -0.2) is 0 Å². The van der Waals surface area contributed by atoms with Crippen LogP contribution in [0.5, 0.6) is 0 Å². The molecule has 0 aromatic heterocycles. The van der Waals surface area contributed by atoms with Crippen molar-refractivity contribution in [3.63, 3.8) is 0 Å². The summed E-state index contributed by atoms with van der Waals surface area (Å²) >= 11 is 0. The van der Waals surface area contributed by atoms with Crippen molar-refractivity contribution in [3.8, 4) is 44.5 Å². The number of hydrogen-bond donors (Lipinski definition) is 0. The fourth-order valence-electron chi connectivity index (χ4n) is 12.3. The zero-order valence-corrected chi connectivity index (χ0v) is 37.0. The molecule has 2 atom stereocenters. The zero-order valence-electron chi connectivity index (χ0n) is 37.0. The molecule has 0 aliphatic heterocycles. The molecule has 2 unspecified atom stereocenters. The molecule has 0 radical (unpaired) electrons. The van der Waals surface area contributed by atoms with Crippen LogP contribution in [0.4, 0.5) is 0 Å². The van der Waals surface area contributed by atoms with E-state index < -0.39 is 0 Å². The van der Waals surface area contributed by atoms with E-state index in [9.17, 15) is 0 Å². The molecule has 61 heavy (non-hydrogen) atoms. The average molecular weight is 793 g/mol. The van der Waals surface area contributed by atoms with Crippen LogP contribution >= 0.6 is 0 Å². The predicted molar refractivity (Wildman–Crippen MR) is 258 cm³/mol. The van der Waals surface area contributed by atoms with Gasteiger partial charge < -0.3 is 0 Å². The van der Waals surface area contributed by atoms with Gasteiger partial charge >= 0.3 is 0 Å². The minimum atomic E-state index is -0.0233. The van der Waals surface area contributed by atoms with Crippen molar-refractivity contribution in [2.45, 2.75) is 110 Å². The highest BCUT2D eigenvalue weighted by atomic mass is 14.5. The van der Waals surface area contributed by atoms with Gasteiger partial charge in [0.2, 0.25) is 0 Å². The van der Waals surface area contributed by atoms with Crippen LogP contribution in [-0.2, 0) is 49.4 Å². The van der Waals surface area contributed by atoms with E-state index in [4.69, 9.17) is 0 Å². The second-order valence-corrected chi connectivity index (χ2v) is 20.3. The maximum Gasteiger partial charge on any atom is 0.0296 e. The molecule has 0 bridgehead atoms. The highest BCUT2D eigenvalue weighted by Gasteiger charge is 2.48. The summed E-state index contributed by atoms with van der Waals surface area (Å²) < 4.78 is 0. The van der Waals surface area contributed by atoms with Gasteiger partial charge in [-0.15, -0.1) is 0 Å². The number of fused-ring (bicyclic) bond motifs is 12. The first-order valence-electron chi connectivity index (χ1n) is 23.5. The molecule has 7 aromatic rings. The Hall–Kier alpha value is -5.46. The molecule has 304 valence electrons. The molecular formula is C61H60. The van der Waals surface area contributed by atoms with Gasteiger partial charge in [0.05, 0.1) is 0 Å². The Balaban J connectivity index is 0.943. The molecule has 0 N–H and O–H groups in total. The van der Waals surface area contributed by atoms with Crippen molar-refractivity contribution < 1.29 is 0 Å². The molecular weight excluding hydrogens is 733 g/mol. The van der Waals surface area contributed by atoms with Crippen LogP contribution in [0.2, 0.25) is 0 Å². The van der Waals surface area contributed by atoms with Crippen LogP contribution in [0.1, 0.15) is 115 Å². The Morgan fingerprint density at radius 1 is 0.393 bits per heavy atom. The Labute approximate surface area is 365 Å². The van der Waals surface area contributed by atoms with E-state index in [1.807, 2.05) is 0 Å². The maximum atomic E-state index is 2.57. The summed E-state index contributed by atoms with van der Waals surface area (Å²) in [6.07, 6.45) is 11.8. The summed E-state index contributed by atoms with van der Waals surface area (Å²) in [6, 6.07) is 55.5. The molecule has 0 saturated carbocycles. The molecule has 0 fully saturated rings. The predicted octanol–water partition coefficient (Wildman–Crippen LogP) is 15.4. The van der Waals surface area contributed by atoms with Gasteiger partial charge in [-0.3, -0.25) is 0 Å². The van der Waals surface area contributed by atoms with Gasteiger partial charge in [-0.05, 0) is 194 Å². The fraction of sp³-hybridized carbons (Fsp3) is 0.311. The summed E-state index contributed by atoms with van der Waals surface area (Å²) in [5.41, 5.74) is 27.4. The van der Waals surface area contributed by atoms with Crippen LogP contribution in [-0.4, -0.2) is 0 Å². The largest absolute Gasteiger partial charge is 0.0628 e. The van der Waals surface area contributed by atoms with Gasteiger partial charge in [-0.2, -0.15) is 0 Å². The lowest BCUT2D eigenvalue weighted by Gasteiger charge is -2.27. The third kappa shape index (κ3) is 6.47. The van der Waals surface area contributed by atoms with E-state index in [0.717, 1.165) is 37.5 Å². The molecule has 4 aliphatic carbocycles. The van der Waals surface area contributed by atoms with E-state index >= 15 is 0 Å². The van der Waals surface area contributed by atoms with Gasteiger partial charge in [0.15, 0.2) is 0 Å². The number of rotatable bonds is 10. The fourth-order valence-corrected chi connectivity index (χ4v) is 12.3. The number of hydrogen-bond acceptors (Lipinski definition) is 0. The average Bonchev–Trinajstić information content (AvgIpc) is 3.99. The Bertz CT molecular complexity index is 2660. The Kier molecular flexibility index (Phi) is 9.38. The molecule has 11 rings (SSSR count). The smallest absolute Gasteiger partial charge is 0.0296 e.